The van der Waals surface area contributed by atoms with Crippen LogP contribution in [0.15, 0.2) is 42.5 Å². The molecule has 2 aliphatic rings. The third-order valence-electron chi connectivity index (χ3n) is 4.47. The summed E-state index contributed by atoms with van der Waals surface area (Å²) in [4.78, 5) is 2.11. The fraction of sp³-hybridized carbons (Fsp3) is 0.316. The topological polar surface area (TPSA) is 43.0 Å². The molecule has 2 heterocycles. The van der Waals surface area contributed by atoms with Crippen molar-refractivity contribution in [2.24, 2.45) is 0 Å². The van der Waals surface area contributed by atoms with E-state index < -0.39 is 0 Å². The lowest BCUT2D eigenvalue weighted by Gasteiger charge is -2.34. The summed E-state index contributed by atoms with van der Waals surface area (Å²) in [6, 6.07) is 11.8. The van der Waals surface area contributed by atoms with Crippen LogP contribution in [0.5, 0.6) is 17.2 Å². The summed E-state index contributed by atoms with van der Waals surface area (Å²) in [6.45, 7) is 1.88. The number of nitrogens with one attached hydrogen (secondary N) is 1. The molecule has 0 radical (unpaired) electrons. The number of benzene rings is 2. The van der Waals surface area contributed by atoms with Gasteiger partial charge in [0.15, 0.2) is 16.6 Å². The van der Waals surface area contributed by atoms with Crippen LogP contribution in [-0.2, 0) is 0 Å². The number of anilines is 1. The van der Waals surface area contributed by atoms with E-state index in [9.17, 15) is 4.39 Å². The first-order chi connectivity index (χ1) is 12.7. The molecule has 0 unspecified atom stereocenters. The van der Waals surface area contributed by atoms with Crippen LogP contribution < -0.4 is 19.5 Å². The van der Waals surface area contributed by atoms with Gasteiger partial charge in [-0.05, 0) is 48.6 Å². The molecule has 5 nitrogen and oxygen atoms in total. The maximum absolute atomic E-state index is 13.0. The van der Waals surface area contributed by atoms with Crippen molar-refractivity contribution in [1.29, 1.82) is 0 Å². The second-order valence-corrected chi connectivity index (χ2v) is 6.64. The average Bonchev–Trinajstić information content (AvgIpc) is 3.12. The van der Waals surface area contributed by atoms with Gasteiger partial charge >= 0.3 is 0 Å². The van der Waals surface area contributed by atoms with Crippen molar-refractivity contribution < 1.29 is 18.6 Å². The van der Waals surface area contributed by atoms with E-state index in [1.807, 2.05) is 18.2 Å². The second-order valence-electron chi connectivity index (χ2n) is 6.26. The molecule has 0 saturated carbocycles. The molecule has 26 heavy (non-hydrogen) atoms. The monoisotopic (exact) mass is 374 g/mol. The first-order valence-corrected chi connectivity index (χ1v) is 8.96. The minimum Gasteiger partial charge on any atom is -0.490 e. The molecule has 0 spiro atoms. The molecule has 0 atom stereocenters. The first kappa shape index (κ1) is 16.9. The van der Waals surface area contributed by atoms with Crippen molar-refractivity contribution in [2.45, 2.75) is 18.9 Å². The molecule has 1 fully saturated rings. The minimum absolute atomic E-state index is 0.139. The highest BCUT2D eigenvalue weighted by molar-refractivity contribution is 7.80. The van der Waals surface area contributed by atoms with Gasteiger partial charge in [0.1, 0.15) is 17.7 Å². The maximum Gasteiger partial charge on any atom is 0.231 e. The molecular weight excluding hydrogens is 355 g/mol. The number of thiocarbonyl (C=S) groups is 1. The van der Waals surface area contributed by atoms with Crippen LogP contribution in [0.25, 0.3) is 0 Å². The number of likely N-dealkylation sites (tertiary alicyclic amines) is 1. The van der Waals surface area contributed by atoms with Crippen LogP contribution in [0.2, 0.25) is 0 Å². The van der Waals surface area contributed by atoms with Crippen molar-refractivity contribution in [3.8, 4) is 17.2 Å². The number of halogens is 1. The zero-order chi connectivity index (χ0) is 17.9. The molecule has 7 heteroatoms. The molecular formula is C19H19FN2O3S. The van der Waals surface area contributed by atoms with Gasteiger partial charge in [0.25, 0.3) is 0 Å². The van der Waals surface area contributed by atoms with E-state index in [-0.39, 0.29) is 18.7 Å². The van der Waals surface area contributed by atoms with Gasteiger partial charge in [-0.3, -0.25) is 0 Å². The number of piperidine rings is 1. The number of rotatable bonds is 3. The van der Waals surface area contributed by atoms with Gasteiger partial charge in [0, 0.05) is 37.7 Å². The van der Waals surface area contributed by atoms with Crippen molar-refractivity contribution in [3.05, 3.63) is 48.3 Å². The standard InChI is InChI=1S/C19H19FN2O3S/c20-13-1-3-14(4-2-13)21-19(26)22-9-7-15(8-10-22)25-16-5-6-17-18(11-16)24-12-23-17/h1-6,11,15H,7-10,12H2,(H,21,26). The summed E-state index contributed by atoms with van der Waals surface area (Å²) < 4.78 is 29.7. The predicted octanol–water partition coefficient (Wildman–Crippen LogP) is 3.79. The van der Waals surface area contributed by atoms with Crippen molar-refractivity contribution >= 4 is 23.0 Å². The second kappa shape index (κ2) is 7.37. The Morgan fingerprint density at radius 2 is 1.81 bits per heavy atom. The molecule has 2 aromatic rings. The van der Waals surface area contributed by atoms with Crippen LogP contribution in [0, 0.1) is 5.82 Å². The highest BCUT2D eigenvalue weighted by atomic mass is 32.1. The zero-order valence-corrected chi connectivity index (χ0v) is 14.9. The Labute approximate surface area is 156 Å². The summed E-state index contributed by atoms with van der Waals surface area (Å²) in [7, 11) is 0. The average molecular weight is 374 g/mol. The number of hydrogen-bond acceptors (Lipinski definition) is 4. The summed E-state index contributed by atoms with van der Waals surface area (Å²) in [5, 5.41) is 3.80. The molecule has 0 aromatic heterocycles. The SMILES string of the molecule is Fc1ccc(NC(=S)N2CCC(Oc3ccc4c(c3)OCO4)CC2)cc1. The lowest BCUT2D eigenvalue weighted by atomic mass is 10.1. The van der Waals surface area contributed by atoms with Gasteiger partial charge in [0.2, 0.25) is 6.79 Å². The van der Waals surface area contributed by atoms with Crippen LogP contribution in [0.3, 0.4) is 0 Å². The first-order valence-electron chi connectivity index (χ1n) is 8.55. The molecule has 136 valence electrons. The number of nitrogens with zero attached hydrogens (tertiary/aromatic N) is 1. The minimum atomic E-state index is -0.261. The Morgan fingerprint density at radius 1 is 1.08 bits per heavy atom. The third kappa shape index (κ3) is 3.83. The Kier molecular flexibility index (Phi) is 4.79. The van der Waals surface area contributed by atoms with Gasteiger partial charge < -0.3 is 24.4 Å². The lowest BCUT2D eigenvalue weighted by Crippen LogP contribution is -2.43. The number of ether oxygens (including phenoxy) is 3. The highest BCUT2D eigenvalue weighted by Crippen LogP contribution is 2.35. The van der Waals surface area contributed by atoms with E-state index >= 15 is 0 Å². The maximum atomic E-state index is 13.0. The van der Waals surface area contributed by atoms with E-state index in [0.717, 1.165) is 48.9 Å². The van der Waals surface area contributed by atoms with Gasteiger partial charge in [-0.2, -0.15) is 0 Å². The lowest BCUT2D eigenvalue weighted by molar-refractivity contribution is 0.131. The normalized spacial score (nSPS) is 16.4. The summed E-state index contributed by atoms with van der Waals surface area (Å²) in [5.74, 6) is 2.01. The Hall–Kier alpha value is -2.54. The van der Waals surface area contributed by atoms with Crippen LogP contribution in [0.4, 0.5) is 10.1 Å². The van der Waals surface area contributed by atoms with E-state index in [1.165, 1.54) is 12.1 Å². The van der Waals surface area contributed by atoms with Crippen molar-refractivity contribution in [1.82, 2.24) is 4.90 Å². The van der Waals surface area contributed by atoms with E-state index in [1.54, 1.807) is 12.1 Å². The van der Waals surface area contributed by atoms with E-state index in [0.29, 0.717) is 5.11 Å². The molecule has 2 aliphatic heterocycles. The van der Waals surface area contributed by atoms with Gasteiger partial charge in [0.05, 0.1) is 0 Å². The molecule has 4 rings (SSSR count). The van der Waals surface area contributed by atoms with Crippen LogP contribution >= 0.6 is 12.2 Å². The van der Waals surface area contributed by atoms with E-state index in [4.69, 9.17) is 26.4 Å². The van der Waals surface area contributed by atoms with Crippen LogP contribution in [-0.4, -0.2) is 36.0 Å². The van der Waals surface area contributed by atoms with Crippen molar-refractivity contribution in [2.75, 3.05) is 25.2 Å². The largest absolute Gasteiger partial charge is 0.490 e. The Morgan fingerprint density at radius 3 is 2.58 bits per heavy atom. The molecule has 0 amide bonds. The molecule has 0 aliphatic carbocycles. The summed E-state index contributed by atoms with van der Waals surface area (Å²) in [5.41, 5.74) is 0.787. The fourth-order valence-corrected chi connectivity index (χ4v) is 3.36. The molecule has 0 bridgehead atoms. The molecule has 2 aromatic carbocycles. The Balaban J connectivity index is 1.28. The molecule has 1 saturated heterocycles. The zero-order valence-electron chi connectivity index (χ0n) is 14.1. The summed E-state index contributed by atoms with van der Waals surface area (Å²) >= 11 is 5.46. The van der Waals surface area contributed by atoms with Gasteiger partial charge in [-0.1, -0.05) is 0 Å². The fourth-order valence-electron chi connectivity index (χ4n) is 3.06. The predicted molar refractivity (Wildman–Crippen MR) is 100 cm³/mol. The van der Waals surface area contributed by atoms with Gasteiger partial charge in [-0.25, -0.2) is 4.39 Å². The Bertz CT molecular complexity index is 792. The number of fused-ring (bicyclic) bond motifs is 1. The van der Waals surface area contributed by atoms with E-state index in [2.05, 4.69) is 10.2 Å². The van der Waals surface area contributed by atoms with Crippen molar-refractivity contribution in [3.63, 3.8) is 0 Å². The number of hydrogen-bond donors (Lipinski definition) is 1. The highest BCUT2D eigenvalue weighted by Gasteiger charge is 2.23. The third-order valence-corrected chi connectivity index (χ3v) is 4.83. The summed E-state index contributed by atoms with van der Waals surface area (Å²) in [6.07, 6.45) is 1.89. The van der Waals surface area contributed by atoms with Crippen LogP contribution in [0.1, 0.15) is 12.8 Å². The molecule has 1 N–H and O–H groups in total. The smallest absolute Gasteiger partial charge is 0.231 e. The quantitative estimate of drug-likeness (QED) is 0.825. The van der Waals surface area contributed by atoms with Gasteiger partial charge in [-0.15, -0.1) is 0 Å².